The number of pyridine rings is 1. The molecule has 0 aliphatic carbocycles. The molecule has 1 aromatic carbocycles. The maximum atomic E-state index is 10.7. The van der Waals surface area contributed by atoms with E-state index < -0.39 is 4.92 Å². The molecule has 0 aliphatic heterocycles. The van der Waals surface area contributed by atoms with Gasteiger partial charge in [0, 0.05) is 37.7 Å². The van der Waals surface area contributed by atoms with Crippen LogP contribution in [-0.4, -0.2) is 17.0 Å². The lowest BCUT2D eigenvalue weighted by atomic mass is 10.2. The molecule has 0 unspecified atom stereocenters. The lowest BCUT2D eigenvalue weighted by Crippen LogP contribution is -2.16. The zero-order valence-corrected chi connectivity index (χ0v) is 10.5. The van der Waals surface area contributed by atoms with Crippen molar-refractivity contribution in [3.05, 3.63) is 58.4 Å². The van der Waals surface area contributed by atoms with E-state index in [4.69, 9.17) is 5.73 Å². The van der Waals surface area contributed by atoms with Crippen LogP contribution in [0, 0.1) is 10.1 Å². The van der Waals surface area contributed by atoms with Crippen molar-refractivity contribution in [1.82, 2.24) is 4.98 Å². The Morgan fingerprint density at radius 2 is 2.21 bits per heavy atom. The van der Waals surface area contributed by atoms with Crippen molar-refractivity contribution >= 4 is 17.1 Å². The largest absolute Gasteiger partial charge is 0.393 e. The Morgan fingerprint density at radius 3 is 2.79 bits per heavy atom. The molecule has 6 heteroatoms. The van der Waals surface area contributed by atoms with Crippen LogP contribution in [0.3, 0.4) is 0 Å². The van der Waals surface area contributed by atoms with E-state index in [9.17, 15) is 10.1 Å². The van der Waals surface area contributed by atoms with Crippen LogP contribution in [-0.2, 0) is 6.54 Å². The number of nitro groups is 1. The van der Waals surface area contributed by atoms with Crippen LogP contribution in [0.2, 0.25) is 0 Å². The van der Waals surface area contributed by atoms with Crippen molar-refractivity contribution in [2.24, 2.45) is 0 Å². The van der Waals surface area contributed by atoms with Crippen LogP contribution in [0.25, 0.3) is 0 Å². The first-order valence-electron chi connectivity index (χ1n) is 5.72. The number of nitrogens with zero attached hydrogens (tertiary/aromatic N) is 3. The van der Waals surface area contributed by atoms with Crippen LogP contribution < -0.4 is 10.6 Å². The van der Waals surface area contributed by atoms with E-state index in [1.165, 1.54) is 6.07 Å². The molecule has 98 valence electrons. The van der Waals surface area contributed by atoms with Crippen molar-refractivity contribution in [2.75, 3.05) is 17.7 Å². The fourth-order valence-corrected chi connectivity index (χ4v) is 1.80. The van der Waals surface area contributed by atoms with Crippen LogP contribution in [0.15, 0.2) is 42.7 Å². The second-order valence-electron chi connectivity index (χ2n) is 4.22. The molecule has 1 heterocycles. The molecule has 1 aromatic heterocycles. The zero-order chi connectivity index (χ0) is 13.8. The van der Waals surface area contributed by atoms with Crippen LogP contribution in [0.5, 0.6) is 0 Å². The Bertz CT molecular complexity index is 586. The van der Waals surface area contributed by atoms with Crippen molar-refractivity contribution < 1.29 is 4.92 Å². The first kappa shape index (κ1) is 12.8. The van der Waals surface area contributed by atoms with E-state index >= 15 is 0 Å². The molecular formula is C13H14N4O2. The van der Waals surface area contributed by atoms with Gasteiger partial charge in [0.2, 0.25) is 0 Å². The molecule has 0 saturated heterocycles. The second kappa shape index (κ2) is 5.34. The fraction of sp³-hybridized carbons (Fsp3) is 0.154. The molecule has 19 heavy (non-hydrogen) atoms. The van der Waals surface area contributed by atoms with Crippen LogP contribution in [0.4, 0.5) is 17.1 Å². The lowest BCUT2D eigenvalue weighted by Gasteiger charge is -2.19. The van der Waals surface area contributed by atoms with E-state index in [-0.39, 0.29) is 11.4 Å². The first-order chi connectivity index (χ1) is 9.08. The molecule has 6 nitrogen and oxygen atoms in total. The van der Waals surface area contributed by atoms with Gasteiger partial charge in [-0.3, -0.25) is 15.1 Å². The van der Waals surface area contributed by atoms with E-state index in [0.29, 0.717) is 6.54 Å². The summed E-state index contributed by atoms with van der Waals surface area (Å²) >= 11 is 0. The highest BCUT2D eigenvalue weighted by Crippen LogP contribution is 2.26. The minimum atomic E-state index is -0.486. The van der Waals surface area contributed by atoms with E-state index in [0.717, 1.165) is 11.3 Å². The summed E-state index contributed by atoms with van der Waals surface area (Å²) in [6.07, 6.45) is 3.50. The Morgan fingerprint density at radius 1 is 1.42 bits per heavy atom. The summed E-state index contributed by atoms with van der Waals surface area (Å²) in [6, 6.07) is 8.55. The summed E-state index contributed by atoms with van der Waals surface area (Å²) in [5, 5.41) is 10.7. The Kier molecular flexibility index (Phi) is 3.61. The Labute approximate surface area is 110 Å². The summed E-state index contributed by atoms with van der Waals surface area (Å²) in [5.74, 6) is 0. The summed E-state index contributed by atoms with van der Waals surface area (Å²) in [4.78, 5) is 16.2. The maximum Gasteiger partial charge on any atom is 0.292 e. The van der Waals surface area contributed by atoms with Gasteiger partial charge in [0.1, 0.15) is 5.69 Å². The maximum absolute atomic E-state index is 10.7. The zero-order valence-electron chi connectivity index (χ0n) is 10.5. The van der Waals surface area contributed by atoms with Crippen LogP contribution in [0.1, 0.15) is 5.56 Å². The molecule has 0 fully saturated rings. The number of aromatic nitrogens is 1. The number of benzene rings is 1. The van der Waals surface area contributed by atoms with Crippen molar-refractivity contribution in [2.45, 2.75) is 6.54 Å². The summed E-state index contributed by atoms with van der Waals surface area (Å²) < 4.78 is 0. The highest BCUT2D eigenvalue weighted by molar-refractivity contribution is 5.66. The van der Waals surface area contributed by atoms with Gasteiger partial charge in [0.15, 0.2) is 0 Å². The highest BCUT2D eigenvalue weighted by Gasteiger charge is 2.12. The van der Waals surface area contributed by atoms with Gasteiger partial charge in [-0.25, -0.2) is 0 Å². The first-order valence-corrected chi connectivity index (χ1v) is 5.72. The summed E-state index contributed by atoms with van der Waals surface area (Å²) in [5.41, 5.74) is 7.65. The van der Waals surface area contributed by atoms with Gasteiger partial charge in [-0.15, -0.1) is 0 Å². The molecule has 0 saturated carbocycles. The smallest absolute Gasteiger partial charge is 0.292 e. The fourth-order valence-electron chi connectivity index (χ4n) is 1.80. The SMILES string of the molecule is CN(Cc1cccnc1)c1ccc([N+](=O)[O-])c(N)c1. The van der Waals surface area contributed by atoms with Crippen molar-refractivity contribution in [1.29, 1.82) is 0 Å². The normalized spacial score (nSPS) is 10.2. The Hall–Kier alpha value is -2.63. The monoisotopic (exact) mass is 258 g/mol. The number of nitrogen functional groups attached to an aromatic ring is 1. The third-order valence-electron chi connectivity index (χ3n) is 2.79. The molecular weight excluding hydrogens is 244 g/mol. The minimum Gasteiger partial charge on any atom is -0.393 e. The molecule has 2 N–H and O–H groups in total. The molecule has 0 aliphatic rings. The number of nitro benzene ring substituents is 1. The average molecular weight is 258 g/mol. The number of anilines is 2. The molecule has 2 aromatic rings. The topological polar surface area (TPSA) is 85.3 Å². The van der Waals surface area contributed by atoms with Gasteiger partial charge in [-0.05, 0) is 23.8 Å². The summed E-state index contributed by atoms with van der Waals surface area (Å²) in [6.45, 7) is 0.658. The van der Waals surface area contributed by atoms with Gasteiger partial charge < -0.3 is 10.6 Å². The quantitative estimate of drug-likeness (QED) is 0.516. The Balaban J connectivity index is 2.18. The molecule has 2 rings (SSSR count). The second-order valence-corrected chi connectivity index (χ2v) is 4.22. The minimum absolute atomic E-state index is 0.0708. The predicted molar refractivity (Wildman–Crippen MR) is 73.9 cm³/mol. The highest BCUT2D eigenvalue weighted by atomic mass is 16.6. The van der Waals surface area contributed by atoms with Gasteiger partial charge in [0.05, 0.1) is 4.92 Å². The number of nitrogens with two attached hydrogens (primary N) is 1. The molecule has 0 spiro atoms. The van der Waals surface area contributed by atoms with Crippen molar-refractivity contribution in [3.8, 4) is 0 Å². The van der Waals surface area contributed by atoms with Crippen LogP contribution >= 0.6 is 0 Å². The van der Waals surface area contributed by atoms with E-state index in [1.54, 1.807) is 24.5 Å². The van der Waals surface area contributed by atoms with E-state index in [1.807, 2.05) is 24.1 Å². The summed E-state index contributed by atoms with van der Waals surface area (Å²) in [7, 11) is 1.90. The molecule has 0 atom stereocenters. The van der Waals surface area contributed by atoms with Gasteiger partial charge in [-0.1, -0.05) is 6.07 Å². The number of rotatable bonds is 4. The van der Waals surface area contributed by atoms with E-state index in [2.05, 4.69) is 4.98 Å². The third kappa shape index (κ3) is 2.98. The lowest BCUT2D eigenvalue weighted by molar-refractivity contribution is -0.383. The molecule has 0 radical (unpaired) electrons. The third-order valence-corrected chi connectivity index (χ3v) is 2.79. The van der Waals surface area contributed by atoms with Gasteiger partial charge in [-0.2, -0.15) is 0 Å². The van der Waals surface area contributed by atoms with Crippen molar-refractivity contribution in [3.63, 3.8) is 0 Å². The standard InChI is InChI=1S/C13H14N4O2/c1-16(9-10-3-2-6-15-8-10)11-4-5-13(17(18)19)12(14)7-11/h2-8H,9,14H2,1H3. The predicted octanol–water partition coefficient (Wildman–Crippen LogP) is 2.21. The van der Waals surface area contributed by atoms with Gasteiger partial charge in [0.25, 0.3) is 5.69 Å². The number of hydrogen-bond acceptors (Lipinski definition) is 5. The number of hydrogen-bond donors (Lipinski definition) is 1. The molecule has 0 bridgehead atoms. The average Bonchev–Trinajstić information content (AvgIpc) is 2.39. The molecule has 0 amide bonds. The van der Waals surface area contributed by atoms with Gasteiger partial charge >= 0.3 is 0 Å².